The Labute approximate surface area is 108 Å². The van der Waals surface area contributed by atoms with E-state index in [-0.39, 0.29) is 17.4 Å². The van der Waals surface area contributed by atoms with Gasteiger partial charge in [-0.05, 0) is 43.5 Å². The summed E-state index contributed by atoms with van der Waals surface area (Å²) in [4.78, 5) is 11.1. The van der Waals surface area contributed by atoms with Gasteiger partial charge in [0.15, 0.2) is 5.69 Å². The number of benzene rings is 1. The third-order valence-corrected chi connectivity index (χ3v) is 3.14. The number of hydrogen-bond donors (Lipinski definition) is 1. The summed E-state index contributed by atoms with van der Waals surface area (Å²) in [6, 6.07) is 4.50. The van der Waals surface area contributed by atoms with Crippen LogP contribution in [0.1, 0.15) is 40.5 Å². The number of carbonyl (C=O) groups is 1. The molecule has 3 rings (SSSR count). The van der Waals surface area contributed by atoms with Gasteiger partial charge in [-0.1, -0.05) is 5.21 Å². The van der Waals surface area contributed by atoms with Crippen LogP contribution in [0.4, 0.5) is 4.39 Å². The fourth-order valence-electron chi connectivity index (χ4n) is 2.19. The van der Waals surface area contributed by atoms with E-state index in [1.54, 1.807) is 13.0 Å². The maximum Gasteiger partial charge on any atom is 0.358 e. The zero-order chi connectivity index (χ0) is 13.6. The molecule has 0 bridgehead atoms. The molecule has 1 aliphatic rings. The SMILES string of the molecule is Cc1cc(F)cc(-n2nnc(C(=O)O)c2C2CC2)c1. The first-order chi connectivity index (χ1) is 9.06. The summed E-state index contributed by atoms with van der Waals surface area (Å²) in [5, 5.41) is 16.7. The van der Waals surface area contributed by atoms with Crippen LogP contribution in [0.2, 0.25) is 0 Å². The van der Waals surface area contributed by atoms with Gasteiger partial charge in [0.1, 0.15) is 5.82 Å². The molecule has 0 amide bonds. The first kappa shape index (κ1) is 11.8. The van der Waals surface area contributed by atoms with Crippen molar-refractivity contribution in [3.05, 3.63) is 41.0 Å². The highest BCUT2D eigenvalue weighted by molar-refractivity contribution is 5.87. The van der Waals surface area contributed by atoms with E-state index in [0.717, 1.165) is 18.4 Å². The molecule has 0 spiro atoms. The van der Waals surface area contributed by atoms with Crippen LogP contribution in [0.25, 0.3) is 5.69 Å². The molecule has 1 saturated carbocycles. The van der Waals surface area contributed by atoms with Crippen LogP contribution >= 0.6 is 0 Å². The van der Waals surface area contributed by atoms with Crippen molar-refractivity contribution in [3.8, 4) is 5.69 Å². The molecule has 0 aliphatic heterocycles. The molecule has 1 aromatic carbocycles. The Morgan fingerprint density at radius 3 is 2.74 bits per heavy atom. The summed E-state index contributed by atoms with van der Waals surface area (Å²) in [5.41, 5.74) is 1.80. The minimum Gasteiger partial charge on any atom is -0.476 e. The largest absolute Gasteiger partial charge is 0.476 e. The highest BCUT2D eigenvalue weighted by atomic mass is 19.1. The molecule has 6 heteroatoms. The quantitative estimate of drug-likeness (QED) is 0.920. The smallest absolute Gasteiger partial charge is 0.358 e. The normalized spacial score (nSPS) is 14.6. The Bertz CT molecular complexity index is 642. The van der Waals surface area contributed by atoms with Gasteiger partial charge in [0.25, 0.3) is 0 Å². The third-order valence-electron chi connectivity index (χ3n) is 3.14. The Kier molecular flexibility index (Phi) is 2.58. The predicted octanol–water partition coefficient (Wildman–Crippen LogP) is 2.29. The Hall–Kier alpha value is -2.24. The second-order valence-electron chi connectivity index (χ2n) is 4.80. The zero-order valence-electron chi connectivity index (χ0n) is 10.3. The fourth-order valence-corrected chi connectivity index (χ4v) is 2.19. The van der Waals surface area contributed by atoms with Crippen molar-refractivity contribution < 1.29 is 14.3 Å². The van der Waals surface area contributed by atoms with E-state index in [4.69, 9.17) is 5.11 Å². The van der Waals surface area contributed by atoms with Gasteiger partial charge in [0.05, 0.1) is 11.4 Å². The molecule has 0 radical (unpaired) electrons. The molecule has 1 aromatic heterocycles. The lowest BCUT2D eigenvalue weighted by Crippen LogP contribution is -2.06. The summed E-state index contributed by atoms with van der Waals surface area (Å²) in [6.07, 6.45) is 1.84. The van der Waals surface area contributed by atoms with Gasteiger partial charge in [0, 0.05) is 5.92 Å². The number of aromatic nitrogens is 3. The van der Waals surface area contributed by atoms with Gasteiger partial charge in [-0.2, -0.15) is 0 Å². The number of carboxylic acid groups (broad SMARTS) is 1. The minimum atomic E-state index is -1.10. The monoisotopic (exact) mass is 261 g/mol. The van der Waals surface area contributed by atoms with Gasteiger partial charge in [-0.15, -0.1) is 5.10 Å². The Morgan fingerprint density at radius 2 is 2.16 bits per heavy atom. The van der Waals surface area contributed by atoms with Crippen LogP contribution in [0.15, 0.2) is 18.2 Å². The molecule has 0 atom stereocenters. The van der Waals surface area contributed by atoms with Crippen molar-refractivity contribution in [2.45, 2.75) is 25.7 Å². The summed E-state index contributed by atoms with van der Waals surface area (Å²) in [7, 11) is 0. The molecule has 5 nitrogen and oxygen atoms in total. The third kappa shape index (κ3) is 2.09. The van der Waals surface area contributed by atoms with Crippen molar-refractivity contribution >= 4 is 5.97 Å². The van der Waals surface area contributed by atoms with E-state index >= 15 is 0 Å². The van der Waals surface area contributed by atoms with E-state index in [1.165, 1.54) is 16.8 Å². The first-order valence-corrected chi connectivity index (χ1v) is 6.02. The van der Waals surface area contributed by atoms with E-state index in [9.17, 15) is 9.18 Å². The van der Waals surface area contributed by atoms with E-state index < -0.39 is 5.97 Å². The lowest BCUT2D eigenvalue weighted by Gasteiger charge is -2.07. The van der Waals surface area contributed by atoms with Crippen LogP contribution in [0, 0.1) is 12.7 Å². The highest BCUT2D eigenvalue weighted by Gasteiger charge is 2.34. The van der Waals surface area contributed by atoms with E-state index in [1.807, 2.05) is 0 Å². The molecule has 0 saturated heterocycles. The minimum absolute atomic E-state index is 0.0376. The summed E-state index contributed by atoms with van der Waals surface area (Å²) in [6.45, 7) is 1.78. The lowest BCUT2D eigenvalue weighted by atomic mass is 10.2. The topological polar surface area (TPSA) is 68.0 Å². The highest BCUT2D eigenvalue weighted by Crippen LogP contribution is 2.42. The molecule has 1 N–H and O–H groups in total. The zero-order valence-corrected chi connectivity index (χ0v) is 10.3. The number of hydrogen-bond acceptors (Lipinski definition) is 3. The second-order valence-corrected chi connectivity index (χ2v) is 4.80. The van der Waals surface area contributed by atoms with Gasteiger partial charge in [0.2, 0.25) is 0 Å². The molecular weight excluding hydrogens is 249 g/mol. The first-order valence-electron chi connectivity index (χ1n) is 6.02. The average molecular weight is 261 g/mol. The number of halogens is 1. The van der Waals surface area contributed by atoms with Crippen LogP contribution in [-0.2, 0) is 0 Å². The van der Waals surface area contributed by atoms with Crippen molar-refractivity contribution in [2.75, 3.05) is 0 Å². The van der Waals surface area contributed by atoms with Crippen LogP contribution < -0.4 is 0 Å². The average Bonchev–Trinajstić information content (AvgIpc) is 3.06. The summed E-state index contributed by atoms with van der Waals surface area (Å²) < 4.78 is 14.9. The van der Waals surface area contributed by atoms with Gasteiger partial charge in [-0.25, -0.2) is 13.9 Å². The van der Waals surface area contributed by atoms with Crippen LogP contribution in [0.3, 0.4) is 0 Å². The second kappa shape index (κ2) is 4.15. The molecule has 0 unspecified atom stereocenters. The van der Waals surface area contributed by atoms with Gasteiger partial charge in [-0.3, -0.25) is 0 Å². The van der Waals surface area contributed by atoms with Gasteiger partial charge >= 0.3 is 5.97 Å². The molecule has 19 heavy (non-hydrogen) atoms. The van der Waals surface area contributed by atoms with Crippen molar-refractivity contribution in [3.63, 3.8) is 0 Å². The van der Waals surface area contributed by atoms with Crippen molar-refractivity contribution in [1.82, 2.24) is 15.0 Å². The molecule has 1 fully saturated rings. The van der Waals surface area contributed by atoms with Crippen LogP contribution in [-0.4, -0.2) is 26.1 Å². The molecular formula is C13H12FN3O2. The number of nitrogens with zero attached hydrogens (tertiary/aromatic N) is 3. The number of aromatic carboxylic acids is 1. The van der Waals surface area contributed by atoms with Crippen molar-refractivity contribution in [1.29, 1.82) is 0 Å². The number of rotatable bonds is 3. The molecule has 98 valence electrons. The molecule has 2 aromatic rings. The Morgan fingerprint density at radius 1 is 1.42 bits per heavy atom. The van der Waals surface area contributed by atoms with E-state index in [0.29, 0.717) is 11.4 Å². The lowest BCUT2D eigenvalue weighted by molar-refractivity contribution is 0.0689. The Balaban J connectivity index is 2.16. The number of aryl methyl sites for hydroxylation is 1. The van der Waals surface area contributed by atoms with Crippen LogP contribution in [0.5, 0.6) is 0 Å². The summed E-state index contributed by atoms with van der Waals surface area (Å²) >= 11 is 0. The molecule has 1 aliphatic carbocycles. The van der Waals surface area contributed by atoms with Gasteiger partial charge < -0.3 is 5.11 Å². The van der Waals surface area contributed by atoms with Crippen molar-refractivity contribution in [2.24, 2.45) is 0 Å². The maximum atomic E-state index is 13.4. The van der Waals surface area contributed by atoms with E-state index in [2.05, 4.69) is 10.3 Å². The number of carboxylic acids is 1. The standard InChI is InChI=1S/C13H12FN3O2/c1-7-4-9(14)6-10(5-7)17-12(8-2-3-8)11(13(18)19)15-16-17/h4-6,8H,2-3H2,1H3,(H,18,19). The molecule has 1 heterocycles. The fraction of sp³-hybridized carbons (Fsp3) is 0.308. The maximum absolute atomic E-state index is 13.4. The predicted molar refractivity (Wildman–Crippen MR) is 65.0 cm³/mol. The summed E-state index contributed by atoms with van der Waals surface area (Å²) in [5.74, 6) is -1.31.